The molecule has 15 heavy (non-hydrogen) atoms. The molecular weight excluding hydrogens is 184 g/mol. The minimum absolute atomic E-state index is 0.257. The van der Waals surface area contributed by atoms with Crippen molar-refractivity contribution in [2.24, 2.45) is 0 Å². The Hall–Kier alpha value is -1.08. The van der Waals surface area contributed by atoms with Gasteiger partial charge in [0.15, 0.2) is 0 Å². The number of hydrogen-bond acceptors (Lipinski definition) is 1. The van der Waals surface area contributed by atoms with Crippen LogP contribution in [0.5, 0.6) is 0 Å². The predicted molar refractivity (Wildman–Crippen MR) is 62.9 cm³/mol. The molecule has 80 valence electrons. The molecule has 1 aromatic carbocycles. The summed E-state index contributed by atoms with van der Waals surface area (Å²) in [6.07, 6.45) is 3.01. The van der Waals surface area contributed by atoms with E-state index in [9.17, 15) is 5.11 Å². The van der Waals surface area contributed by atoms with E-state index in [0.717, 1.165) is 18.4 Å². The molecule has 2 atom stereocenters. The van der Waals surface area contributed by atoms with Crippen LogP contribution in [0.25, 0.3) is 0 Å². The van der Waals surface area contributed by atoms with E-state index in [-0.39, 0.29) is 12.0 Å². The van der Waals surface area contributed by atoms with Gasteiger partial charge in [0.05, 0.1) is 6.10 Å². The number of aliphatic hydroxyl groups is 1. The van der Waals surface area contributed by atoms with Gasteiger partial charge in [-0.3, -0.25) is 0 Å². The number of hydrogen-bond donors (Lipinski definition) is 1. The van der Waals surface area contributed by atoms with Gasteiger partial charge in [-0.25, -0.2) is 0 Å². The van der Waals surface area contributed by atoms with Crippen molar-refractivity contribution >= 4 is 0 Å². The third kappa shape index (κ3) is 1.98. The highest BCUT2D eigenvalue weighted by molar-refractivity contribution is 5.34. The second kappa shape index (κ2) is 4.19. The average Bonchev–Trinajstić information content (AvgIpc) is 2.27. The van der Waals surface area contributed by atoms with Crippen molar-refractivity contribution in [1.82, 2.24) is 0 Å². The van der Waals surface area contributed by atoms with Crippen molar-refractivity contribution in [3.63, 3.8) is 0 Å². The summed E-state index contributed by atoms with van der Waals surface area (Å²) < 4.78 is 0. The van der Waals surface area contributed by atoms with Gasteiger partial charge in [0, 0.05) is 5.92 Å². The Balaban J connectivity index is 2.33. The maximum atomic E-state index is 10.1. The van der Waals surface area contributed by atoms with Crippen LogP contribution in [0, 0.1) is 0 Å². The minimum Gasteiger partial charge on any atom is -0.388 e. The van der Waals surface area contributed by atoms with E-state index < -0.39 is 0 Å². The highest BCUT2D eigenvalue weighted by Gasteiger charge is 2.26. The number of aryl methyl sites for hydroxylation is 1. The fraction of sp³-hybridized carbons (Fsp3) is 0.429. The lowest BCUT2D eigenvalue weighted by Crippen LogP contribution is -2.23. The molecule has 0 aliphatic heterocycles. The molecule has 0 aromatic heterocycles. The normalized spacial score (nSPS) is 21.9. The minimum atomic E-state index is -0.383. The summed E-state index contributed by atoms with van der Waals surface area (Å²) in [6, 6.07) is 8.45. The lowest BCUT2D eigenvalue weighted by Gasteiger charge is -2.29. The molecule has 0 heterocycles. The van der Waals surface area contributed by atoms with E-state index in [0.29, 0.717) is 0 Å². The van der Waals surface area contributed by atoms with Crippen LogP contribution in [-0.4, -0.2) is 11.2 Å². The molecule has 2 unspecified atom stereocenters. The van der Waals surface area contributed by atoms with Gasteiger partial charge in [-0.05, 0) is 37.3 Å². The third-order valence-electron chi connectivity index (χ3n) is 3.30. The molecule has 1 aliphatic carbocycles. The predicted octanol–water partition coefficient (Wildman–Crippen LogP) is 3.04. The topological polar surface area (TPSA) is 20.2 Å². The Kier molecular flexibility index (Phi) is 2.92. The molecule has 2 rings (SSSR count). The molecule has 0 bridgehead atoms. The second-order valence-electron chi connectivity index (χ2n) is 4.49. The van der Waals surface area contributed by atoms with Crippen LogP contribution in [0.1, 0.15) is 36.8 Å². The van der Waals surface area contributed by atoms with Crippen molar-refractivity contribution < 1.29 is 5.11 Å². The summed E-state index contributed by atoms with van der Waals surface area (Å²) in [4.78, 5) is 0. The molecule has 0 spiro atoms. The molecule has 1 N–H and O–H groups in total. The van der Waals surface area contributed by atoms with Gasteiger partial charge in [0.1, 0.15) is 0 Å². The Morgan fingerprint density at radius 2 is 2.20 bits per heavy atom. The molecule has 0 amide bonds. The second-order valence-corrected chi connectivity index (χ2v) is 4.49. The van der Waals surface area contributed by atoms with E-state index in [1.54, 1.807) is 0 Å². The number of rotatable bonds is 2. The fourth-order valence-corrected chi connectivity index (χ4v) is 2.46. The zero-order valence-corrected chi connectivity index (χ0v) is 9.24. The molecular formula is C14H18O. The SMILES string of the molecule is C=C(C)C(O)C1CCCc2ccccc21. The molecule has 1 nitrogen and oxygen atoms in total. The Morgan fingerprint density at radius 3 is 2.93 bits per heavy atom. The maximum absolute atomic E-state index is 10.1. The smallest absolute Gasteiger partial charge is 0.0813 e. The summed E-state index contributed by atoms with van der Waals surface area (Å²) in [6.45, 7) is 5.76. The van der Waals surface area contributed by atoms with E-state index >= 15 is 0 Å². The lowest BCUT2D eigenvalue weighted by atomic mass is 9.78. The molecule has 0 saturated carbocycles. The van der Waals surface area contributed by atoms with Gasteiger partial charge in [0.2, 0.25) is 0 Å². The van der Waals surface area contributed by atoms with Crippen molar-refractivity contribution in [2.75, 3.05) is 0 Å². The number of benzene rings is 1. The van der Waals surface area contributed by atoms with Crippen LogP contribution in [0.4, 0.5) is 0 Å². The summed E-state index contributed by atoms with van der Waals surface area (Å²) in [7, 11) is 0. The monoisotopic (exact) mass is 202 g/mol. The highest BCUT2D eigenvalue weighted by atomic mass is 16.3. The van der Waals surface area contributed by atoms with Gasteiger partial charge in [-0.1, -0.05) is 36.4 Å². The highest BCUT2D eigenvalue weighted by Crippen LogP contribution is 2.35. The first-order valence-electron chi connectivity index (χ1n) is 5.61. The molecule has 1 aromatic rings. The van der Waals surface area contributed by atoms with Crippen molar-refractivity contribution in [3.05, 3.63) is 47.5 Å². The number of aliphatic hydroxyl groups excluding tert-OH is 1. The van der Waals surface area contributed by atoms with Gasteiger partial charge in [0.25, 0.3) is 0 Å². The van der Waals surface area contributed by atoms with E-state index in [1.165, 1.54) is 17.5 Å². The lowest BCUT2D eigenvalue weighted by molar-refractivity contribution is 0.169. The average molecular weight is 202 g/mol. The van der Waals surface area contributed by atoms with Crippen LogP contribution in [0.2, 0.25) is 0 Å². The Morgan fingerprint density at radius 1 is 1.47 bits per heavy atom. The van der Waals surface area contributed by atoms with E-state index in [1.807, 2.05) is 6.92 Å². The van der Waals surface area contributed by atoms with E-state index in [2.05, 4.69) is 30.8 Å². The molecule has 1 heteroatoms. The van der Waals surface area contributed by atoms with Gasteiger partial charge >= 0.3 is 0 Å². The molecule has 1 aliphatic rings. The summed E-state index contributed by atoms with van der Waals surface area (Å²) >= 11 is 0. The van der Waals surface area contributed by atoms with Crippen LogP contribution in [0.15, 0.2) is 36.4 Å². The van der Waals surface area contributed by atoms with Gasteiger partial charge in [-0.2, -0.15) is 0 Å². The molecule has 0 fully saturated rings. The fourth-order valence-electron chi connectivity index (χ4n) is 2.46. The van der Waals surface area contributed by atoms with Crippen molar-refractivity contribution in [2.45, 2.75) is 38.2 Å². The number of fused-ring (bicyclic) bond motifs is 1. The first kappa shape index (κ1) is 10.4. The summed E-state index contributed by atoms with van der Waals surface area (Å²) in [5.74, 6) is 0.257. The van der Waals surface area contributed by atoms with Crippen LogP contribution >= 0.6 is 0 Å². The Labute approximate surface area is 91.4 Å². The zero-order valence-electron chi connectivity index (χ0n) is 9.24. The molecule has 0 saturated heterocycles. The summed E-state index contributed by atoms with van der Waals surface area (Å²) in [5.41, 5.74) is 3.59. The maximum Gasteiger partial charge on any atom is 0.0813 e. The van der Waals surface area contributed by atoms with Crippen LogP contribution in [0.3, 0.4) is 0 Å². The molecule has 0 radical (unpaired) electrons. The van der Waals surface area contributed by atoms with Crippen molar-refractivity contribution in [3.8, 4) is 0 Å². The summed E-state index contributed by atoms with van der Waals surface area (Å²) in [5, 5.41) is 10.1. The first-order chi connectivity index (χ1) is 7.20. The van der Waals surface area contributed by atoms with Crippen molar-refractivity contribution in [1.29, 1.82) is 0 Å². The third-order valence-corrected chi connectivity index (χ3v) is 3.30. The van der Waals surface area contributed by atoms with Crippen LogP contribution in [-0.2, 0) is 6.42 Å². The quantitative estimate of drug-likeness (QED) is 0.731. The Bertz CT molecular complexity index is 367. The largest absolute Gasteiger partial charge is 0.388 e. The first-order valence-corrected chi connectivity index (χ1v) is 5.61. The van der Waals surface area contributed by atoms with E-state index in [4.69, 9.17) is 0 Å². The van der Waals surface area contributed by atoms with Gasteiger partial charge in [-0.15, -0.1) is 0 Å². The van der Waals surface area contributed by atoms with Gasteiger partial charge < -0.3 is 5.11 Å². The standard InChI is InChI=1S/C14H18O/c1-10(2)14(15)13-9-5-7-11-6-3-4-8-12(11)13/h3-4,6,8,13-15H,1,5,7,9H2,2H3. The zero-order chi connectivity index (χ0) is 10.8. The van der Waals surface area contributed by atoms with Crippen LogP contribution < -0.4 is 0 Å².